The highest BCUT2D eigenvalue weighted by Crippen LogP contribution is 2.36. The molecule has 0 radical (unpaired) electrons. The number of likely N-dealkylation sites (tertiary alicyclic amines) is 1. The summed E-state index contributed by atoms with van der Waals surface area (Å²) in [5.41, 5.74) is 1.35. The van der Waals surface area contributed by atoms with E-state index in [1.807, 2.05) is 7.05 Å². The maximum absolute atomic E-state index is 11.7. The molecule has 1 amide bonds. The quantitative estimate of drug-likeness (QED) is 0.396. The number of carbonyl (C=O) groups is 1. The van der Waals surface area contributed by atoms with Crippen LogP contribution in [-0.2, 0) is 11.3 Å². The van der Waals surface area contributed by atoms with E-state index in [1.165, 1.54) is 16.3 Å². The molecule has 0 aliphatic carbocycles. The Balaban J connectivity index is 0.00000210. The van der Waals surface area contributed by atoms with Gasteiger partial charge in [-0.25, -0.2) is 0 Å². The highest BCUT2D eigenvalue weighted by Gasteiger charge is 2.42. The van der Waals surface area contributed by atoms with E-state index in [2.05, 4.69) is 63.0 Å². The standard InChI is InChI=1S/C21H26N4O.HI/c1-22-20(25-11-5-10-21(15-25)12-19(26)24-14-21)23-13-17-8-4-7-16-6-2-3-9-18(16)17;/h2-4,6-9H,5,10-15H2,1H3,(H,22,23)(H,24,26);1H. The number of hydrogen-bond donors (Lipinski definition) is 2. The molecule has 2 aliphatic rings. The first kappa shape index (κ1) is 19.9. The number of fused-ring (bicyclic) bond motifs is 1. The van der Waals surface area contributed by atoms with Gasteiger partial charge in [0.15, 0.2) is 5.96 Å². The van der Waals surface area contributed by atoms with Crippen LogP contribution in [0.5, 0.6) is 0 Å². The summed E-state index contributed by atoms with van der Waals surface area (Å²) in [7, 11) is 1.84. The highest BCUT2D eigenvalue weighted by molar-refractivity contribution is 14.0. The van der Waals surface area contributed by atoms with Crippen LogP contribution in [0.3, 0.4) is 0 Å². The molecule has 2 fully saturated rings. The van der Waals surface area contributed by atoms with Crippen molar-refractivity contribution in [2.45, 2.75) is 25.8 Å². The van der Waals surface area contributed by atoms with E-state index < -0.39 is 0 Å². The molecule has 27 heavy (non-hydrogen) atoms. The summed E-state index contributed by atoms with van der Waals surface area (Å²) < 4.78 is 0. The molecular weight excluding hydrogens is 451 g/mol. The van der Waals surface area contributed by atoms with Crippen molar-refractivity contribution >= 4 is 46.6 Å². The van der Waals surface area contributed by atoms with Gasteiger partial charge in [0.25, 0.3) is 0 Å². The average molecular weight is 478 g/mol. The lowest BCUT2D eigenvalue weighted by Crippen LogP contribution is -2.51. The van der Waals surface area contributed by atoms with Gasteiger partial charge in [0.1, 0.15) is 0 Å². The molecule has 0 saturated carbocycles. The molecular formula is C21H27IN4O. The second kappa shape index (κ2) is 8.46. The summed E-state index contributed by atoms with van der Waals surface area (Å²) in [5.74, 6) is 1.11. The third-order valence-corrected chi connectivity index (χ3v) is 5.69. The second-order valence-corrected chi connectivity index (χ2v) is 7.52. The van der Waals surface area contributed by atoms with Gasteiger partial charge in [-0.1, -0.05) is 42.5 Å². The number of carbonyl (C=O) groups excluding carboxylic acids is 1. The van der Waals surface area contributed by atoms with Crippen molar-refractivity contribution in [3.63, 3.8) is 0 Å². The molecule has 0 bridgehead atoms. The second-order valence-electron chi connectivity index (χ2n) is 7.52. The summed E-state index contributed by atoms with van der Waals surface area (Å²) in [4.78, 5) is 18.5. The molecule has 2 heterocycles. The molecule has 5 nitrogen and oxygen atoms in total. The Morgan fingerprint density at radius 3 is 2.85 bits per heavy atom. The van der Waals surface area contributed by atoms with Gasteiger partial charge in [0.2, 0.25) is 5.91 Å². The van der Waals surface area contributed by atoms with Crippen molar-refractivity contribution in [1.29, 1.82) is 0 Å². The van der Waals surface area contributed by atoms with E-state index >= 15 is 0 Å². The average Bonchev–Trinajstić information content (AvgIpc) is 3.02. The minimum Gasteiger partial charge on any atom is -0.355 e. The molecule has 2 aromatic rings. The molecule has 2 N–H and O–H groups in total. The van der Waals surface area contributed by atoms with Crippen molar-refractivity contribution in [2.75, 3.05) is 26.7 Å². The summed E-state index contributed by atoms with van der Waals surface area (Å²) in [5, 5.41) is 9.08. The van der Waals surface area contributed by atoms with Crippen molar-refractivity contribution < 1.29 is 4.79 Å². The molecule has 144 valence electrons. The van der Waals surface area contributed by atoms with Crippen LogP contribution in [0.2, 0.25) is 0 Å². The number of hydrogen-bond acceptors (Lipinski definition) is 2. The Morgan fingerprint density at radius 1 is 1.26 bits per heavy atom. The zero-order chi connectivity index (χ0) is 18.0. The van der Waals surface area contributed by atoms with Gasteiger partial charge < -0.3 is 15.5 Å². The zero-order valence-corrected chi connectivity index (χ0v) is 18.0. The van der Waals surface area contributed by atoms with Crippen molar-refractivity contribution in [3.8, 4) is 0 Å². The summed E-state index contributed by atoms with van der Waals surface area (Å²) in [6.07, 6.45) is 2.86. The van der Waals surface area contributed by atoms with Gasteiger partial charge in [0, 0.05) is 45.1 Å². The Kier molecular flexibility index (Phi) is 6.24. The monoisotopic (exact) mass is 478 g/mol. The van der Waals surface area contributed by atoms with Crippen LogP contribution in [0.15, 0.2) is 47.5 Å². The Morgan fingerprint density at radius 2 is 2.07 bits per heavy atom. The molecule has 2 aromatic carbocycles. The van der Waals surface area contributed by atoms with E-state index in [9.17, 15) is 4.79 Å². The van der Waals surface area contributed by atoms with Gasteiger partial charge in [-0.15, -0.1) is 24.0 Å². The lowest BCUT2D eigenvalue weighted by Gasteiger charge is -2.40. The van der Waals surface area contributed by atoms with E-state index in [0.717, 1.165) is 45.0 Å². The molecule has 6 heteroatoms. The third kappa shape index (κ3) is 4.20. The SMILES string of the molecule is CN=C(NCc1cccc2ccccc12)N1CCCC2(CNC(=O)C2)C1.I. The Hall–Kier alpha value is -1.83. The summed E-state index contributed by atoms with van der Waals surface area (Å²) in [6, 6.07) is 14.9. The van der Waals surface area contributed by atoms with Gasteiger partial charge in [-0.05, 0) is 29.2 Å². The number of aliphatic imine (C=N–C) groups is 1. The Bertz CT molecular complexity index is 848. The number of halogens is 1. The van der Waals surface area contributed by atoms with Crippen LogP contribution < -0.4 is 10.6 Å². The van der Waals surface area contributed by atoms with E-state index in [1.54, 1.807) is 0 Å². The minimum absolute atomic E-state index is 0. The first-order chi connectivity index (χ1) is 12.7. The fourth-order valence-electron chi connectivity index (χ4n) is 4.38. The van der Waals surface area contributed by atoms with Crippen molar-refractivity contribution in [2.24, 2.45) is 10.4 Å². The highest BCUT2D eigenvalue weighted by atomic mass is 127. The number of amides is 1. The van der Waals surface area contributed by atoms with Crippen LogP contribution in [-0.4, -0.2) is 43.4 Å². The number of nitrogens with zero attached hydrogens (tertiary/aromatic N) is 2. The van der Waals surface area contributed by atoms with Gasteiger partial charge in [-0.2, -0.15) is 0 Å². The molecule has 1 spiro atoms. The van der Waals surface area contributed by atoms with Crippen molar-refractivity contribution in [3.05, 3.63) is 48.0 Å². The lowest BCUT2D eigenvalue weighted by atomic mass is 9.79. The predicted molar refractivity (Wildman–Crippen MR) is 120 cm³/mol. The van der Waals surface area contributed by atoms with Crippen LogP contribution in [0.25, 0.3) is 10.8 Å². The molecule has 0 aromatic heterocycles. The number of guanidine groups is 1. The maximum Gasteiger partial charge on any atom is 0.220 e. The van der Waals surface area contributed by atoms with Crippen LogP contribution in [0, 0.1) is 5.41 Å². The fourth-order valence-corrected chi connectivity index (χ4v) is 4.38. The molecule has 2 aliphatic heterocycles. The Labute approximate surface area is 177 Å². The van der Waals surface area contributed by atoms with Crippen LogP contribution >= 0.6 is 24.0 Å². The molecule has 2 saturated heterocycles. The topological polar surface area (TPSA) is 56.7 Å². The third-order valence-electron chi connectivity index (χ3n) is 5.69. The van der Waals surface area contributed by atoms with E-state index in [4.69, 9.17) is 0 Å². The first-order valence-corrected chi connectivity index (χ1v) is 9.38. The number of rotatable bonds is 2. The summed E-state index contributed by atoms with van der Waals surface area (Å²) in [6.45, 7) is 3.42. The predicted octanol–water partition coefficient (Wildman–Crippen LogP) is 3.14. The van der Waals surface area contributed by atoms with E-state index in [0.29, 0.717) is 6.42 Å². The summed E-state index contributed by atoms with van der Waals surface area (Å²) >= 11 is 0. The fraction of sp³-hybridized carbons (Fsp3) is 0.429. The molecule has 1 unspecified atom stereocenters. The van der Waals surface area contributed by atoms with E-state index in [-0.39, 0.29) is 35.3 Å². The lowest BCUT2D eigenvalue weighted by molar-refractivity contribution is -0.119. The normalized spacial score (nSPS) is 22.6. The van der Waals surface area contributed by atoms with Gasteiger partial charge in [-0.3, -0.25) is 9.79 Å². The zero-order valence-electron chi connectivity index (χ0n) is 15.7. The molecule has 4 rings (SSSR count). The first-order valence-electron chi connectivity index (χ1n) is 9.38. The van der Waals surface area contributed by atoms with Crippen molar-refractivity contribution in [1.82, 2.24) is 15.5 Å². The number of piperidine rings is 1. The number of benzene rings is 2. The smallest absolute Gasteiger partial charge is 0.220 e. The van der Waals surface area contributed by atoms with Crippen LogP contribution in [0.1, 0.15) is 24.8 Å². The minimum atomic E-state index is 0. The van der Waals surface area contributed by atoms with Gasteiger partial charge in [0.05, 0.1) is 0 Å². The molecule has 1 atom stereocenters. The number of nitrogens with one attached hydrogen (secondary N) is 2. The maximum atomic E-state index is 11.7. The largest absolute Gasteiger partial charge is 0.355 e. The van der Waals surface area contributed by atoms with Crippen LogP contribution in [0.4, 0.5) is 0 Å². The van der Waals surface area contributed by atoms with Gasteiger partial charge >= 0.3 is 0 Å².